The van der Waals surface area contributed by atoms with Crippen LogP contribution in [0, 0.1) is 0 Å². The van der Waals surface area contributed by atoms with Gasteiger partial charge in [0.25, 0.3) is 5.91 Å². The van der Waals surface area contributed by atoms with Crippen molar-refractivity contribution in [3.8, 4) is 11.5 Å². The molecule has 0 aromatic heterocycles. The lowest BCUT2D eigenvalue weighted by Crippen LogP contribution is -2.28. The minimum atomic E-state index is -3.31. The van der Waals surface area contributed by atoms with Crippen molar-refractivity contribution in [2.45, 2.75) is 19.4 Å². The topological polar surface area (TPSA) is 84.9 Å². The van der Waals surface area contributed by atoms with E-state index in [0.29, 0.717) is 35.7 Å². The lowest BCUT2D eigenvalue weighted by atomic mass is 10.1. The van der Waals surface area contributed by atoms with Gasteiger partial charge in [-0.3, -0.25) is 9.10 Å². The van der Waals surface area contributed by atoms with Gasteiger partial charge in [-0.2, -0.15) is 0 Å². The summed E-state index contributed by atoms with van der Waals surface area (Å²) in [5.74, 6) is 1.00. The number of benzene rings is 2. The SMILES string of the molecule is COc1ccc([C@H](C)NC(=O)c2ccc3c(c2)CCN3S(C)(=O)=O)cc1OC. The molecule has 7 nitrogen and oxygen atoms in total. The fourth-order valence-corrected chi connectivity index (χ4v) is 4.30. The second-order valence-electron chi connectivity index (χ2n) is 6.74. The summed E-state index contributed by atoms with van der Waals surface area (Å²) in [5.41, 5.74) is 2.89. The third kappa shape index (κ3) is 3.91. The molecule has 0 radical (unpaired) electrons. The monoisotopic (exact) mass is 404 g/mol. The number of carbonyl (C=O) groups excluding carboxylic acids is 1. The summed E-state index contributed by atoms with van der Waals surface area (Å²) < 4.78 is 35.6. The first-order valence-corrected chi connectivity index (χ1v) is 10.7. The molecule has 2 aromatic carbocycles. The standard InChI is InChI=1S/C20H24N2O5S/c1-13(14-6-8-18(26-2)19(12-14)27-3)21-20(23)16-5-7-17-15(11-16)9-10-22(17)28(4,24)25/h5-8,11-13H,9-10H2,1-4H3,(H,21,23)/t13-/m0/s1. The van der Waals surface area contributed by atoms with Gasteiger partial charge in [-0.05, 0) is 54.8 Å². The minimum absolute atomic E-state index is 0.220. The predicted octanol–water partition coefficient (Wildman–Crippen LogP) is 2.52. The van der Waals surface area contributed by atoms with Crippen molar-refractivity contribution in [1.82, 2.24) is 5.32 Å². The van der Waals surface area contributed by atoms with E-state index in [1.165, 1.54) is 10.6 Å². The van der Waals surface area contributed by atoms with E-state index >= 15 is 0 Å². The Bertz CT molecular complexity index is 1000. The zero-order valence-corrected chi connectivity index (χ0v) is 17.2. The Morgan fingerprint density at radius 3 is 2.46 bits per heavy atom. The summed E-state index contributed by atoms with van der Waals surface area (Å²) in [5, 5.41) is 2.97. The molecule has 150 valence electrons. The van der Waals surface area contributed by atoms with Crippen LogP contribution in [0.25, 0.3) is 0 Å². The molecule has 1 amide bonds. The smallest absolute Gasteiger partial charge is 0.251 e. The molecule has 1 aliphatic heterocycles. The number of methoxy groups -OCH3 is 2. The van der Waals surface area contributed by atoms with Gasteiger partial charge in [0.15, 0.2) is 11.5 Å². The van der Waals surface area contributed by atoms with Crippen LogP contribution in [0.3, 0.4) is 0 Å². The quantitative estimate of drug-likeness (QED) is 0.800. The Labute approximate surface area is 165 Å². The van der Waals surface area contributed by atoms with Crippen molar-refractivity contribution in [2.24, 2.45) is 0 Å². The summed E-state index contributed by atoms with van der Waals surface area (Å²) in [6.07, 6.45) is 1.78. The Kier molecular flexibility index (Phi) is 5.51. The van der Waals surface area contributed by atoms with E-state index in [1.54, 1.807) is 38.5 Å². The van der Waals surface area contributed by atoms with Gasteiger partial charge in [0.2, 0.25) is 10.0 Å². The molecule has 0 saturated carbocycles. The van der Waals surface area contributed by atoms with Crippen molar-refractivity contribution in [2.75, 3.05) is 31.3 Å². The maximum Gasteiger partial charge on any atom is 0.251 e. The van der Waals surface area contributed by atoms with Crippen molar-refractivity contribution in [3.05, 3.63) is 53.1 Å². The first-order valence-electron chi connectivity index (χ1n) is 8.88. The summed E-state index contributed by atoms with van der Waals surface area (Å²) in [4.78, 5) is 12.7. The number of fused-ring (bicyclic) bond motifs is 1. The highest BCUT2D eigenvalue weighted by Gasteiger charge is 2.27. The average molecular weight is 404 g/mol. The van der Waals surface area contributed by atoms with Crippen LogP contribution < -0.4 is 19.1 Å². The molecule has 28 heavy (non-hydrogen) atoms. The summed E-state index contributed by atoms with van der Waals surface area (Å²) >= 11 is 0. The van der Waals surface area contributed by atoms with E-state index in [1.807, 2.05) is 19.1 Å². The van der Waals surface area contributed by atoms with Crippen LogP contribution in [0.2, 0.25) is 0 Å². The molecule has 0 aliphatic carbocycles. The number of amides is 1. The summed E-state index contributed by atoms with van der Waals surface area (Å²) in [6, 6.07) is 10.4. The Morgan fingerprint density at radius 1 is 1.11 bits per heavy atom. The number of hydrogen-bond donors (Lipinski definition) is 1. The highest BCUT2D eigenvalue weighted by atomic mass is 32.2. The van der Waals surface area contributed by atoms with Gasteiger partial charge in [-0.1, -0.05) is 6.07 Å². The molecule has 0 fully saturated rings. The van der Waals surface area contributed by atoms with Crippen molar-refractivity contribution in [3.63, 3.8) is 0 Å². The molecule has 1 heterocycles. The van der Waals surface area contributed by atoms with Crippen LogP contribution in [-0.2, 0) is 16.4 Å². The second kappa shape index (κ2) is 7.71. The lowest BCUT2D eigenvalue weighted by Gasteiger charge is -2.18. The zero-order valence-electron chi connectivity index (χ0n) is 16.4. The van der Waals surface area contributed by atoms with E-state index in [4.69, 9.17) is 9.47 Å². The van der Waals surface area contributed by atoms with Gasteiger partial charge in [0.1, 0.15) is 0 Å². The average Bonchev–Trinajstić information content (AvgIpc) is 3.10. The third-order valence-corrected chi connectivity index (χ3v) is 6.03. The fourth-order valence-electron chi connectivity index (χ4n) is 3.34. The number of rotatable bonds is 6. The summed E-state index contributed by atoms with van der Waals surface area (Å²) in [7, 11) is -0.170. The van der Waals surface area contributed by atoms with Crippen molar-refractivity contribution >= 4 is 21.6 Å². The van der Waals surface area contributed by atoms with Gasteiger partial charge in [0.05, 0.1) is 32.2 Å². The molecule has 0 spiro atoms. The molecule has 0 bridgehead atoms. The van der Waals surface area contributed by atoms with Crippen molar-refractivity contribution in [1.29, 1.82) is 0 Å². The maximum atomic E-state index is 12.7. The molecule has 2 aromatic rings. The number of anilines is 1. The molecular formula is C20H24N2O5S. The number of hydrogen-bond acceptors (Lipinski definition) is 5. The van der Waals surface area contributed by atoms with E-state index in [0.717, 1.165) is 11.1 Å². The van der Waals surface area contributed by atoms with Gasteiger partial charge < -0.3 is 14.8 Å². The molecule has 3 rings (SSSR count). The van der Waals surface area contributed by atoms with Gasteiger partial charge in [-0.15, -0.1) is 0 Å². The highest BCUT2D eigenvalue weighted by Crippen LogP contribution is 2.32. The number of ether oxygens (including phenoxy) is 2. The molecule has 1 N–H and O–H groups in total. The Morgan fingerprint density at radius 2 is 1.82 bits per heavy atom. The van der Waals surface area contributed by atoms with Crippen molar-refractivity contribution < 1.29 is 22.7 Å². The number of nitrogens with one attached hydrogen (secondary N) is 1. The fraction of sp³-hybridized carbons (Fsp3) is 0.350. The largest absolute Gasteiger partial charge is 0.493 e. The van der Waals surface area contributed by atoms with Gasteiger partial charge in [-0.25, -0.2) is 8.42 Å². The molecule has 8 heteroatoms. The van der Waals surface area contributed by atoms with Crippen LogP contribution in [0.4, 0.5) is 5.69 Å². The van der Waals surface area contributed by atoms with Gasteiger partial charge >= 0.3 is 0 Å². The predicted molar refractivity (Wildman–Crippen MR) is 108 cm³/mol. The maximum absolute atomic E-state index is 12.7. The molecule has 1 atom stereocenters. The number of carbonyl (C=O) groups is 1. The second-order valence-corrected chi connectivity index (χ2v) is 8.65. The van der Waals surface area contributed by atoms with Crippen LogP contribution in [-0.4, -0.2) is 41.3 Å². The molecule has 0 saturated heterocycles. The zero-order chi connectivity index (χ0) is 20.5. The van der Waals surface area contributed by atoms with Crippen LogP contribution >= 0.6 is 0 Å². The van der Waals surface area contributed by atoms with Crippen LogP contribution in [0.5, 0.6) is 11.5 Å². The van der Waals surface area contributed by atoms with E-state index < -0.39 is 10.0 Å². The molecular weight excluding hydrogens is 380 g/mol. The lowest BCUT2D eigenvalue weighted by molar-refractivity contribution is 0.0939. The number of nitrogens with zero attached hydrogens (tertiary/aromatic N) is 1. The Hall–Kier alpha value is -2.74. The van der Waals surface area contributed by atoms with E-state index in [-0.39, 0.29) is 11.9 Å². The summed E-state index contributed by atoms with van der Waals surface area (Å²) in [6.45, 7) is 2.29. The van der Waals surface area contributed by atoms with Crippen LogP contribution in [0.1, 0.15) is 34.5 Å². The first kappa shape index (κ1) is 20.0. The molecule has 0 unspecified atom stereocenters. The third-order valence-electron chi connectivity index (χ3n) is 4.85. The first-order chi connectivity index (χ1) is 13.2. The van der Waals surface area contributed by atoms with E-state index in [2.05, 4.69) is 5.32 Å². The van der Waals surface area contributed by atoms with E-state index in [9.17, 15) is 13.2 Å². The normalized spacial score (nSPS) is 14.4. The minimum Gasteiger partial charge on any atom is -0.493 e. The molecule has 1 aliphatic rings. The highest BCUT2D eigenvalue weighted by molar-refractivity contribution is 7.92. The van der Waals surface area contributed by atoms with Crippen LogP contribution in [0.15, 0.2) is 36.4 Å². The number of sulfonamides is 1. The van der Waals surface area contributed by atoms with Gasteiger partial charge in [0, 0.05) is 12.1 Å². The Balaban J connectivity index is 1.77.